The van der Waals surface area contributed by atoms with E-state index in [2.05, 4.69) is 20.1 Å². The van der Waals surface area contributed by atoms with Gasteiger partial charge < -0.3 is 4.90 Å². The number of aromatic nitrogens is 3. The Morgan fingerprint density at radius 2 is 1.81 bits per heavy atom. The first-order valence-corrected chi connectivity index (χ1v) is 8.72. The molecule has 1 atom stereocenters. The van der Waals surface area contributed by atoms with E-state index >= 15 is 0 Å². The van der Waals surface area contributed by atoms with Gasteiger partial charge in [0.2, 0.25) is 0 Å². The maximum absolute atomic E-state index is 4.13. The molecule has 2 saturated heterocycles. The summed E-state index contributed by atoms with van der Waals surface area (Å²) in [5.74, 6) is 0. The second-order valence-corrected chi connectivity index (χ2v) is 6.57. The monoisotopic (exact) mass is 291 g/mol. The van der Waals surface area contributed by atoms with Gasteiger partial charge in [0.25, 0.3) is 0 Å². The number of nitrogens with zero attached hydrogens (tertiary/aromatic N) is 5. The average Bonchev–Trinajstić information content (AvgIpc) is 3.03. The first-order chi connectivity index (χ1) is 10.4. The van der Waals surface area contributed by atoms with Crippen LogP contribution in [0.3, 0.4) is 0 Å². The van der Waals surface area contributed by atoms with Crippen molar-refractivity contribution in [2.24, 2.45) is 0 Å². The lowest BCUT2D eigenvalue weighted by Crippen LogP contribution is -2.43. The van der Waals surface area contributed by atoms with Gasteiger partial charge in [-0.2, -0.15) is 0 Å². The molecule has 0 radical (unpaired) electrons. The molecule has 1 aromatic heterocycles. The van der Waals surface area contributed by atoms with Crippen LogP contribution in [0.2, 0.25) is 0 Å². The van der Waals surface area contributed by atoms with Crippen LogP contribution in [0.25, 0.3) is 0 Å². The lowest BCUT2D eigenvalue weighted by atomic mass is 10.0. The molecule has 5 nitrogen and oxygen atoms in total. The minimum atomic E-state index is 0.654. The van der Waals surface area contributed by atoms with Crippen molar-refractivity contribution in [3.63, 3.8) is 0 Å². The molecule has 21 heavy (non-hydrogen) atoms. The van der Waals surface area contributed by atoms with E-state index < -0.39 is 0 Å². The Morgan fingerprint density at radius 3 is 2.62 bits per heavy atom. The van der Waals surface area contributed by atoms with Crippen LogP contribution >= 0.6 is 0 Å². The molecule has 3 heterocycles. The van der Waals surface area contributed by atoms with Crippen LogP contribution in [-0.4, -0.2) is 63.6 Å². The molecule has 118 valence electrons. The zero-order valence-electron chi connectivity index (χ0n) is 13.2. The van der Waals surface area contributed by atoms with Crippen LogP contribution in [-0.2, 0) is 6.54 Å². The summed E-state index contributed by atoms with van der Waals surface area (Å²) in [6, 6.07) is 0.654. The highest BCUT2D eigenvalue weighted by molar-refractivity contribution is 4.79. The Hall–Kier alpha value is -0.940. The molecule has 1 aromatic rings. The van der Waals surface area contributed by atoms with Crippen molar-refractivity contribution in [1.29, 1.82) is 0 Å². The smallest absolute Gasteiger partial charge is 0.0692 e. The van der Waals surface area contributed by atoms with Crippen LogP contribution in [0.15, 0.2) is 12.4 Å². The quantitative estimate of drug-likeness (QED) is 0.803. The topological polar surface area (TPSA) is 37.2 Å². The molecule has 3 rings (SSSR count). The van der Waals surface area contributed by atoms with Gasteiger partial charge in [-0.25, -0.2) is 0 Å². The van der Waals surface area contributed by atoms with Gasteiger partial charge in [0, 0.05) is 12.2 Å². The third-order valence-corrected chi connectivity index (χ3v) is 4.99. The van der Waals surface area contributed by atoms with Crippen molar-refractivity contribution in [3.8, 4) is 0 Å². The maximum atomic E-state index is 4.13. The molecule has 2 aliphatic heterocycles. The fourth-order valence-electron chi connectivity index (χ4n) is 3.79. The minimum absolute atomic E-state index is 0.654. The lowest BCUT2D eigenvalue weighted by Gasteiger charge is -2.36. The summed E-state index contributed by atoms with van der Waals surface area (Å²) < 4.78 is 1.99. The average molecular weight is 291 g/mol. The Morgan fingerprint density at radius 1 is 0.952 bits per heavy atom. The summed E-state index contributed by atoms with van der Waals surface area (Å²) in [5, 5.41) is 8.05. The summed E-state index contributed by atoms with van der Waals surface area (Å²) in [4.78, 5) is 5.34. The minimum Gasteiger partial charge on any atom is -0.303 e. The van der Waals surface area contributed by atoms with E-state index in [0.717, 1.165) is 6.54 Å². The van der Waals surface area contributed by atoms with Gasteiger partial charge in [-0.1, -0.05) is 18.1 Å². The molecule has 0 N–H and O–H groups in total. The second-order valence-electron chi connectivity index (χ2n) is 6.57. The highest BCUT2D eigenvalue weighted by atomic mass is 15.4. The van der Waals surface area contributed by atoms with Gasteiger partial charge in [-0.3, -0.25) is 9.58 Å². The van der Waals surface area contributed by atoms with Crippen LogP contribution in [0.1, 0.15) is 44.9 Å². The van der Waals surface area contributed by atoms with Crippen molar-refractivity contribution in [2.75, 3.05) is 32.7 Å². The first-order valence-electron chi connectivity index (χ1n) is 8.72. The summed E-state index contributed by atoms with van der Waals surface area (Å²) in [5.41, 5.74) is 0. The first kappa shape index (κ1) is 15.0. The van der Waals surface area contributed by atoms with Gasteiger partial charge in [0.1, 0.15) is 0 Å². The molecule has 5 heteroatoms. The second kappa shape index (κ2) is 7.90. The predicted octanol–water partition coefficient (Wildman–Crippen LogP) is 2.01. The molecule has 0 bridgehead atoms. The van der Waals surface area contributed by atoms with E-state index in [1.54, 1.807) is 6.20 Å². The highest BCUT2D eigenvalue weighted by Gasteiger charge is 2.22. The van der Waals surface area contributed by atoms with Gasteiger partial charge in [-0.15, -0.1) is 5.10 Å². The Labute approximate surface area is 128 Å². The van der Waals surface area contributed by atoms with Crippen LogP contribution in [0.5, 0.6) is 0 Å². The van der Waals surface area contributed by atoms with E-state index in [-0.39, 0.29) is 0 Å². The Balaban J connectivity index is 1.43. The van der Waals surface area contributed by atoms with Crippen molar-refractivity contribution in [3.05, 3.63) is 12.4 Å². The molecule has 0 amide bonds. The summed E-state index contributed by atoms with van der Waals surface area (Å²) in [7, 11) is 0. The van der Waals surface area contributed by atoms with Crippen molar-refractivity contribution >= 4 is 0 Å². The van der Waals surface area contributed by atoms with Crippen molar-refractivity contribution in [2.45, 2.75) is 57.5 Å². The predicted molar refractivity (Wildman–Crippen MR) is 84.1 cm³/mol. The number of hydrogen-bond acceptors (Lipinski definition) is 4. The molecule has 2 fully saturated rings. The number of likely N-dealkylation sites (tertiary alicyclic amines) is 2. The Bertz CT molecular complexity index is 385. The van der Waals surface area contributed by atoms with Gasteiger partial charge in [0.05, 0.1) is 12.7 Å². The fourth-order valence-corrected chi connectivity index (χ4v) is 3.79. The zero-order chi connectivity index (χ0) is 14.3. The van der Waals surface area contributed by atoms with Gasteiger partial charge in [0.15, 0.2) is 0 Å². The standard InChI is InChI=1S/C16H29N5/c1-3-9-19(10-4-1)11-6-13-20-12-5-2-7-16(20)15-21-14-8-17-18-21/h8,14,16H,1-7,9-13,15H2/t16-/m1/s1. The SMILES string of the molecule is c1cn(C[C@H]2CCCCN2CCCN2CCCCC2)nn1. The van der Waals surface area contributed by atoms with E-state index in [1.807, 2.05) is 10.9 Å². The molecule has 0 aromatic carbocycles. The third-order valence-electron chi connectivity index (χ3n) is 4.99. The number of rotatable bonds is 6. The van der Waals surface area contributed by atoms with Crippen LogP contribution < -0.4 is 0 Å². The van der Waals surface area contributed by atoms with E-state index in [9.17, 15) is 0 Å². The van der Waals surface area contributed by atoms with Crippen molar-refractivity contribution in [1.82, 2.24) is 24.8 Å². The summed E-state index contributed by atoms with van der Waals surface area (Å²) in [6.07, 6.45) is 13.3. The third kappa shape index (κ3) is 4.51. The van der Waals surface area contributed by atoms with Crippen LogP contribution in [0, 0.1) is 0 Å². The number of piperidine rings is 2. The normalized spacial score (nSPS) is 25.2. The largest absolute Gasteiger partial charge is 0.303 e. The fraction of sp³-hybridized carbons (Fsp3) is 0.875. The summed E-state index contributed by atoms with van der Waals surface area (Å²) >= 11 is 0. The zero-order valence-corrected chi connectivity index (χ0v) is 13.2. The Kier molecular flexibility index (Phi) is 5.63. The molecular weight excluding hydrogens is 262 g/mol. The van der Waals surface area contributed by atoms with Gasteiger partial charge >= 0.3 is 0 Å². The van der Waals surface area contributed by atoms with E-state index in [0.29, 0.717) is 6.04 Å². The van der Waals surface area contributed by atoms with E-state index in [4.69, 9.17) is 0 Å². The molecule has 0 aliphatic carbocycles. The number of hydrogen-bond donors (Lipinski definition) is 0. The maximum Gasteiger partial charge on any atom is 0.0692 e. The highest BCUT2D eigenvalue weighted by Crippen LogP contribution is 2.19. The van der Waals surface area contributed by atoms with E-state index in [1.165, 1.54) is 77.7 Å². The molecule has 0 spiro atoms. The summed E-state index contributed by atoms with van der Waals surface area (Å²) in [6.45, 7) is 7.44. The van der Waals surface area contributed by atoms with Gasteiger partial charge in [-0.05, 0) is 64.8 Å². The molecule has 2 aliphatic rings. The lowest BCUT2D eigenvalue weighted by molar-refractivity contribution is 0.119. The van der Waals surface area contributed by atoms with Crippen molar-refractivity contribution < 1.29 is 0 Å². The molecule has 0 unspecified atom stereocenters. The molecule has 0 saturated carbocycles. The van der Waals surface area contributed by atoms with Crippen LogP contribution in [0.4, 0.5) is 0 Å². The molecular formula is C16H29N5.